The molecule has 3 nitrogen and oxygen atoms in total. The summed E-state index contributed by atoms with van der Waals surface area (Å²) in [6.45, 7) is 6.17. The summed E-state index contributed by atoms with van der Waals surface area (Å²) in [5.74, 6) is 0.0777. The maximum absolute atomic E-state index is 11.5. The molecule has 1 fully saturated rings. The van der Waals surface area contributed by atoms with E-state index in [1.165, 1.54) is 24.9 Å². The fourth-order valence-corrected chi connectivity index (χ4v) is 2.33. The van der Waals surface area contributed by atoms with E-state index in [1.54, 1.807) is 0 Å². The van der Waals surface area contributed by atoms with Gasteiger partial charge in [-0.3, -0.25) is 4.79 Å². The first-order chi connectivity index (χ1) is 8.70. The Morgan fingerprint density at radius 2 is 2.00 bits per heavy atom. The van der Waals surface area contributed by atoms with Crippen LogP contribution in [0.3, 0.4) is 0 Å². The summed E-state index contributed by atoms with van der Waals surface area (Å²) in [5, 5.41) is 2.97. The van der Waals surface area contributed by atoms with Crippen molar-refractivity contribution in [3.05, 3.63) is 23.8 Å². The standard InChI is InChI=1S/C15H22N2O/c1-3-15(18)16-14-11-13(8-7-12(14)2)17-9-5-4-6-10-17/h7-8,11H,3-6,9-10H2,1-2H3,(H,16,18). The van der Waals surface area contributed by atoms with Crippen LogP contribution in [-0.2, 0) is 4.79 Å². The number of hydrogen-bond donors (Lipinski definition) is 1. The first-order valence-electron chi connectivity index (χ1n) is 6.86. The summed E-state index contributed by atoms with van der Waals surface area (Å²) in [6.07, 6.45) is 4.39. The minimum atomic E-state index is 0.0777. The predicted molar refractivity (Wildman–Crippen MR) is 76.2 cm³/mol. The Bertz CT molecular complexity index is 423. The number of piperidine rings is 1. The Balaban J connectivity index is 2.16. The fraction of sp³-hybridized carbons (Fsp3) is 0.533. The molecule has 1 aromatic carbocycles. The van der Waals surface area contributed by atoms with E-state index in [0.29, 0.717) is 6.42 Å². The van der Waals surface area contributed by atoms with Crippen molar-refractivity contribution >= 4 is 17.3 Å². The maximum Gasteiger partial charge on any atom is 0.224 e. The molecular formula is C15H22N2O. The summed E-state index contributed by atoms with van der Waals surface area (Å²) in [5.41, 5.74) is 3.30. The van der Waals surface area contributed by atoms with Crippen LogP contribution in [0, 0.1) is 6.92 Å². The van der Waals surface area contributed by atoms with Crippen LogP contribution in [0.1, 0.15) is 38.2 Å². The van der Waals surface area contributed by atoms with Crippen LogP contribution in [0.15, 0.2) is 18.2 Å². The number of benzene rings is 1. The van der Waals surface area contributed by atoms with E-state index in [1.807, 2.05) is 13.8 Å². The van der Waals surface area contributed by atoms with Crippen molar-refractivity contribution in [2.75, 3.05) is 23.3 Å². The van der Waals surface area contributed by atoms with E-state index >= 15 is 0 Å². The van der Waals surface area contributed by atoms with Crippen molar-refractivity contribution in [2.24, 2.45) is 0 Å². The number of carbonyl (C=O) groups excluding carboxylic acids is 1. The highest BCUT2D eigenvalue weighted by molar-refractivity contribution is 5.91. The van der Waals surface area contributed by atoms with Crippen molar-refractivity contribution in [3.8, 4) is 0 Å². The second-order valence-corrected chi connectivity index (χ2v) is 4.95. The monoisotopic (exact) mass is 246 g/mol. The maximum atomic E-state index is 11.5. The van der Waals surface area contributed by atoms with Gasteiger partial charge in [-0.15, -0.1) is 0 Å². The summed E-state index contributed by atoms with van der Waals surface area (Å²) in [6, 6.07) is 6.35. The lowest BCUT2D eigenvalue weighted by atomic mass is 10.1. The normalized spacial score (nSPS) is 15.6. The van der Waals surface area contributed by atoms with Gasteiger partial charge in [0.15, 0.2) is 0 Å². The molecule has 0 saturated carbocycles. The summed E-state index contributed by atoms with van der Waals surface area (Å²) >= 11 is 0. The van der Waals surface area contributed by atoms with Crippen LogP contribution in [0.4, 0.5) is 11.4 Å². The smallest absolute Gasteiger partial charge is 0.224 e. The lowest BCUT2D eigenvalue weighted by Crippen LogP contribution is -2.29. The number of hydrogen-bond acceptors (Lipinski definition) is 2. The topological polar surface area (TPSA) is 32.3 Å². The van der Waals surface area contributed by atoms with Gasteiger partial charge in [0.25, 0.3) is 0 Å². The van der Waals surface area contributed by atoms with Crippen LogP contribution in [0.5, 0.6) is 0 Å². The van der Waals surface area contributed by atoms with Crippen LogP contribution < -0.4 is 10.2 Å². The molecule has 1 saturated heterocycles. The molecule has 0 radical (unpaired) electrons. The van der Waals surface area contributed by atoms with Crippen molar-refractivity contribution in [1.29, 1.82) is 0 Å². The molecule has 2 rings (SSSR count). The molecule has 0 bridgehead atoms. The minimum absolute atomic E-state index is 0.0777. The molecule has 0 unspecified atom stereocenters. The number of rotatable bonds is 3. The highest BCUT2D eigenvalue weighted by atomic mass is 16.1. The van der Waals surface area contributed by atoms with Gasteiger partial charge in [0.2, 0.25) is 5.91 Å². The van der Waals surface area contributed by atoms with E-state index in [0.717, 1.165) is 24.3 Å². The van der Waals surface area contributed by atoms with Crippen molar-refractivity contribution in [2.45, 2.75) is 39.5 Å². The highest BCUT2D eigenvalue weighted by Gasteiger charge is 2.12. The zero-order chi connectivity index (χ0) is 13.0. The molecule has 1 amide bonds. The van der Waals surface area contributed by atoms with Gasteiger partial charge in [-0.25, -0.2) is 0 Å². The largest absolute Gasteiger partial charge is 0.371 e. The SMILES string of the molecule is CCC(=O)Nc1cc(N2CCCCC2)ccc1C. The Kier molecular flexibility index (Phi) is 4.24. The van der Waals surface area contributed by atoms with Crippen LogP contribution in [-0.4, -0.2) is 19.0 Å². The summed E-state index contributed by atoms with van der Waals surface area (Å²) < 4.78 is 0. The molecular weight excluding hydrogens is 224 g/mol. The third-order valence-corrected chi connectivity index (χ3v) is 3.54. The van der Waals surface area contributed by atoms with Gasteiger partial charge < -0.3 is 10.2 Å². The Hall–Kier alpha value is -1.51. The molecule has 0 spiro atoms. The third kappa shape index (κ3) is 3.03. The molecule has 0 aromatic heterocycles. The van der Waals surface area contributed by atoms with Crippen LogP contribution in [0.25, 0.3) is 0 Å². The quantitative estimate of drug-likeness (QED) is 0.887. The molecule has 1 aliphatic heterocycles. The lowest BCUT2D eigenvalue weighted by Gasteiger charge is -2.29. The molecule has 0 aliphatic carbocycles. The zero-order valence-electron chi connectivity index (χ0n) is 11.3. The Labute approximate surface area is 109 Å². The van der Waals surface area contributed by atoms with Gasteiger partial charge in [0, 0.05) is 30.9 Å². The van der Waals surface area contributed by atoms with E-state index in [9.17, 15) is 4.79 Å². The molecule has 0 atom stereocenters. The van der Waals surface area contributed by atoms with E-state index < -0.39 is 0 Å². The average Bonchev–Trinajstić information content (AvgIpc) is 2.42. The molecule has 1 aliphatic rings. The number of nitrogens with one attached hydrogen (secondary N) is 1. The lowest BCUT2D eigenvalue weighted by molar-refractivity contribution is -0.115. The van der Waals surface area contributed by atoms with Gasteiger partial charge >= 0.3 is 0 Å². The Morgan fingerprint density at radius 1 is 1.28 bits per heavy atom. The second-order valence-electron chi connectivity index (χ2n) is 4.95. The molecule has 98 valence electrons. The van der Waals surface area contributed by atoms with Gasteiger partial charge in [-0.05, 0) is 43.9 Å². The van der Waals surface area contributed by atoms with Gasteiger partial charge in [0.1, 0.15) is 0 Å². The zero-order valence-corrected chi connectivity index (χ0v) is 11.3. The van der Waals surface area contributed by atoms with Gasteiger partial charge in [0.05, 0.1) is 0 Å². The first kappa shape index (κ1) is 12.9. The van der Waals surface area contributed by atoms with Crippen LogP contribution >= 0.6 is 0 Å². The van der Waals surface area contributed by atoms with E-state index in [-0.39, 0.29) is 5.91 Å². The predicted octanol–water partition coefficient (Wildman–Crippen LogP) is 3.33. The highest BCUT2D eigenvalue weighted by Crippen LogP contribution is 2.25. The number of nitrogens with zero attached hydrogens (tertiary/aromatic N) is 1. The second kappa shape index (κ2) is 5.89. The number of carbonyl (C=O) groups is 1. The molecule has 3 heteroatoms. The molecule has 18 heavy (non-hydrogen) atoms. The first-order valence-corrected chi connectivity index (χ1v) is 6.86. The van der Waals surface area contributed by atoms with Gasteiger partial charge in [-0.1, -0.05) is 13.0 Å². The number of amides is 1. The third-order valence-electron chi connectivity index (χ3n) is 3.54. The average molecular weight is 246 g/mol. The van der Waals surface area contributed by atoms with E-state index in [2.05, 4.69) is 28.4 Å². The van der Waals surface area contributed by atoms with Gasteiger partial charge in [-0.2, -0.15) is 0 Å². The minimum Gasteiger partial charge on any atom is -0.371 e. The Morgan fingerprint density at radius 3 is 2.67 bits per heavy atom. The van der Waals surface area contributed by atoms with Crippen molar-refractivity contribution in [1.82, 2.24) is 0 Å². The van der Waals surface area contributed by atoms with E-state index in [4.69, 9.17) is 0 Å². The summed E-state index contributed by atoms with van der Waals surface area (Å²) in [7, 11) is 0. The number of anilines is 2. The number of aryl methyl sites for hydroxylation is 1. The van der Waals surface area contributed by atoms with Crippen LogP contribution in [0.2, 0.25) is 0 Å². The molecule has 1 aromatic rings. The molecule has 1 N–H and O–H groups in total. The van der Waals surface area contributed by atoms with Crippen molar-refractivity contribution in [3.63, 3.8) is 0 Å². The summed E-state index contributed by atoms with van der Waals surface area (Å²) in [4.78, 5) is 13.9. The fourth-order valence-electron chi connectivity index (χ4n) is 2.33. The molecule has 1 heterocycles. The van der Waals surface area contributed by atoms with Crippen molar-refractivity contribution < 1.29 is 4.79 Å².